The molecule has 1 N–H and O–H groups in total. The number of fused-ring (bicyclic) bond motifs is 1. The Morgan fingerprint density at radius 2 is 1.94 bits per heavy atom. The van der Waals surface area contributed by atoms with Crippen molar-refractivity contribution in [2.24, 2.45) is 0 Å². The average molecular weight is 531 g/mol. The first-order chi connectivity index (χ1) is 16.3. The van der Waals surface area contributed by atoms with Gasteiger partial charge in [0.25, 0.3) is 5.78 Å². The van der Waals surface area contributed by atoms with Crippen LogP contribution in [0.1, 0.15) is 22.0 Å². The average Bonchev–Trinajstić information content (AvgIpc) is 3.53. The third kappa shape index (κ3) is 3.67. The molecule has 6 nitrogen and oxygen atoms in total. The minimum atomic E-state index is -0.862. The Kier molecular flexibility index (Phi) is 5.85. The van der Waals surface area contributed by atoms with E-state index < -0.39 is 17.7 Å². The number of aliphatic hydroxyl groups excluding tert-OH is 1. The zero-order chi connectivity index (χ0) is 24.1. The number of halogens is 2. The summed E-state index contributed by atoms with van der Waals surface area (Å²) in [6, 6.07) is 11.1. The quantitative estimate of drug-likeness (QED) is 0.182. The van der Waals surface area contributed by atoms with Crippen LogP contribution in [0.25, 0.3) is 16.0 Å². The van der Waals surface area contributed by atoms with Gasteiger partial charge in [-0.2, -0.15) is 0 Å². The molecule has 4 aromatic rings. The summed E-state index contributed by atoms with van der Waals surface area (Å²) in [5, 5.41) is 14.2. The smallest absolute Gasteiger partial charge is 0.301 e. The Labute approximate surface area is 212 Å². The zero-order valence-electron chi connectivity index (χ0n) is 17.8. The van der Waals surface area contributed by atoms with Gasteiger partial charge in [-0.1, -0.05) is 40.6 Å². The Morgan fingerprint density at radius 3 is 2.65 bits per heavy atom. The van der Waals surface area contributed by atoms with Crippen molar-refractivity contribution in [1.82, 2.24) is 4.98 Å². The predicted octanol–water partition coefficient (Wildman–Crippen LogP) is 6.61. The van der Waals surface area contributed by atoms with E-state index in [1.165, 1.54) is 40.7 Å². The Bertz CT molecular complexity index is 1460. The second kappa shape index (κ2) is 8.70. The predicted molar refractivity (Wildman–Crippen MR) is 136 cm³/mol. The number of nitrogens with zero attached hydrogens (tertiary/aromatic N) is 2. The molecule has 10 heteroatoms. The highest BCUT2D eigenvalue weighted by Crippen LogP contribution is 2.46. The number of ketones is 1. The fourth-order valence-electron chi connectivity index (χ4n) is 3.84. The molecule has 1 amide bonds. The number of anilines is 1. The standard InChI is InChI=1S/C24H16Cl2N2O4S2/c1-11-8-18-16(10-15(11)26)27-24(34-18)28-20(17-4-3-7-33-17)19(22(30)23(28)31)21(29)13-9-12(32-2)5-6-14(13)25/h3-10,20,29H,1-2H3/b21-19+. The van der Waals surface area contributed by atoms with Gasteiger partial charge in [0.2, 0.25) is 0 Å². The monoisotopic (exact) mass is 530 g/mol. The van der Waals surface area contributed by atoms with Crippen molar-refractivity contribution in [2.75, 3.05) is 12.0 Å². The topological polar surface area (TPSA) is 79.7 Å². The van der Waals surface area contributed by atoms with Gasteiger partial charge in [-0.05, 0) is 54.3 Å². The Balaban J connectivity index is 1.73. The van der Waals surface area contributed by atoms with Crippen LogP contribution in [0, 0.1) is 6.92 Å². The van der Waals surface area contributed by atoms with Crippen LogP contribution in [0.5, 0.6) is 5.75 Å². The van der Waals surface area contributed by atoms with E-state index in [-0.39, 0.29) is 21.9 Å². The number of benzene rings is 2. The summed E-state index contributed by atoms with van der Waals surface area (Å²) in [6.07, 6.45) is 0. The van der Waals surface area contributed by atoms with E-state index in [4.69, 9.17) is 27.9 Å². The van der Waals surface area contributed by atoms with Gasteiger partial charge in [-0.3, -0.25) is 14.5 Å². The number of ether oxygens (including phenoxy) is 1. The molecule has 34 heavy (non-hydrogen) atoms. The molecule has 0 bridgehead atoms. The number of rotatable bonds is 4. The molecule has 0 saturated carbocycles. The van der Waals surface area contributed by atoms with Crippen molar-refractivity contribution in [3.63, 3.8) is 0 Å². The van der Waals surface area contributed by atoms with Crippen LogP contribution in [0.15, 0.2) is 53.4 Å². The number of thiophene rings is 1. The summed E-state index contributed by atoms with van der Waals surface area (Å²) in [7, 11) is 1.48. The largest absolute Gasteiger partial charge is 0.507 e. The van der Waals surface area contributed by atoms with Gasteiger partial charge in [0.05, 0.1) is 27.9 Å². The van der Waals surface area contributed by atoms with E-state index in [1.54, 1.807) is 18.2 Å². The molecule has 1 aliphatic rings. The molecule has 1 unspecified atom stereocenters. The lowest BCUT2D eigenvalue weighted by atomic mass is 9.99. The van der Waals surface area contributed by atoms with Gasteiger partial charge in [0, 0.05) is 15.5 Å². The van der Waals surface area contributed by atoms with E-state index in [0.29, 0.717) is 26.3 Å². The highest BCUT2D eigenvalue weighted by Gasteiger charge is 2.48. The van der Waals surface area contributed by atoms with Crippen molar-refractivity contribution in [2.45, 2.75) is 13.0 Å². The lowest BCUT2D eigenvalue weighted by molar-refractivity contribution is -0.132. The number of Topliss-reactive ketones (excluding diaryl/α,β-unsaturated/α-hetero) is 1. The van der Waals surface area contributed by atoms with E-state index in [1.807, 2.05) is 30.5 Å². The minimum absolute atomic E-state index is 0.0592. The number of aromatic nitrogens is 1. The molecule has 3 heterocycles. The maximum atomic E-state index is 13.3. The van der Waals surface area contributed by atoms with Gasteiger partial charge >= 0.3 is 5.91 Å². The lowest BCUT2D eigenvalue weighted by Gasteiger charge is -2.21. The van der Waals surface area contributed by atoms with Crippen molar-refractivity contribution >= 4 is 78.7 Å². The van der Waals surface area contributed by atoms with Gasteiger partial charge in [0.15, 0.2) is 5.13 Å². The fourth-order valence-corrected chi connectivity index (χ4v) is 6.11. The maximum absolute atomic E-state index is 13.3. The second-order valence-electron chi connectivity index (χ2n) is 7.60. The first-order valence-corrected chi connectivity index (χ1v) is 12.5. The number of carbonyl (C=O) groups is 2. The number of aliphatic hydroxyl groups is 1. The number of thiazole rings is 1. The Morgan fingerprint density at radius 1 is 1.15 bits per heavy atom. The number of carbonyl (C=O) groups excluding carboxylic acids is 2. The summed E-state index contributed by atoms with van der Waals surface area (Å²) in [6.45, 7) is 1.89. The molecule has 1 fully saturated rings. The third-order valence-corrected chi connectivity index (χ3v) is 8.23. The Hall–Kier alpha value is -2.91. The summed E-state index contributed by atoms with van der Waals surface area (Å²) in [4.78, 5) is 33.2. The molecule has 172 valence electrons. The van der Waals surface area contributed by atoms with Crippen LogP contribution in [-0.4, -0.2) is 28.9 Å². The molecule has 5 rings (SSSR count). The van der Waals surface area contributed by atoms with E-state index in [9.17, 15) is 14.7 Å². The molecule has 1 atom stereocenters. The van der Waals surface area contributed by atoms with Gasteiger partial charge in [-0.25, -0.2) is 4.98 Å². The number of hydrogen-bond acceptors (Lipinski definition) is 7. The molecular formula is C24H16Cl2N2O4S2. The molecule has 1 saturated heterocycles. The van der Waals surface area contributed by atoms with Gasteiger partial charge < -0.3 is 9.84 Å². The zero-order valence-corrected chi connectivity index (χ0v) is 21.0. The first kappa shape index (κ1) is 22.9. The third-order valence-electron chi connectivity index (χ3n) is 5.55. The second-order valence-corrected chi connectivity index (χ2v) is 10.4. The summed E-state index contributed by atoms with van der Waals surface area (Å²) < 4.78 is 6.07. The molecular weight excluding hydrogens is 515 g/mol. The van der Waals surface area contributed by atoms with Gasteiger partial charge in [-0.15, -0.1) is 11.3 Å². The first-order valence-electron chi connectivity index (χ1n) is 10.0. The van der Waals surface area contributed by atoms with Crippen molar-refractivity contribution in [3.8, 4) is 5.75 Å². The molecule has 0 aliphatic carbocycles. The molecule has 0 radical (unpaired) electrons. The summed E-state index contributed by atoms with van der Waals surface area (Å²) >= 11 is 15.2. The number of hydrogen-bond donors (Lipinski definition) is 1. The molecule has 2 aromatic carbocycles. The molecule has 0 spiro atoms. The summed E-state index contributed by atoms with van der Waals surface area (Å²) in [5.41, 5.74) is 1.65. The normalized spacial score (nSPS) is 17.6. The maximum Gasteiger partial charge on any atom is 0.301 e. The number of methoxy groups -OCH3 is 1. The van der Waals surface area contributed by atoms with Crippen molar-refractivity contribution < 1.29 is 19.4 Å². The van der Waals surface area contributed by atoms with Crippen molar-refractivity contribution in [1.29, 1.82) is 0 Å². The van der Waals surface area contributed by atoms with E-state index in [0.717, 1.165) is 10.3 Å². The fraction of sp³-hybridized carbons (Fsp3) is 0.125. The van der Waals surface area contributed by atoms with E-state index in [2.05, 4.69) is 4.98 Å². The van der Waals surface area contributed by atoms with E-state index >= 15 is 0 Å². The lowest BCUT2D eigenvalue weighted by Crippen LogP contribution is -2.28. The van der Waals surface area contributed by atoms with Crippen LogP contribution in [0.3, 0.4) is 0 Å². The number of amides is 1. The van der Waals surface area contributed by atoms with Crippen LogP contribution in [0.4, 0.5) is 5.13 Å². The number of aryl methyl sites for hydroxylation is 1. The SMILES string of the molecule is COc1ccc(Cl)c(/C(O)=C2\C(=O)C(=O)N(c3nc4cc(Cl)c(C)cc4s3)C2c2cccs2)c1. The van der Waals surface area contributed by atoms with Crippen LogP contribution < -0.4 is 9.64 Å². The molecule has 2 aromatic heterocycles. The minimum Gasteiger partial charge on any atom is -0.507 e. The van der Waals surface area contributed by atoms with Crippen LogP contribution in [0.2, 0.25) is 10.0 Å². The highest BCUT2D eigenvalue weighted by molar-refractivity contribution is 7.22. The van der Waals surface area contributed by atoms with Gasteiger partial charge in [0.1, 0.15) is 17.6 Å². The van der Waals surface area contributed by atoms with Crippen LogP contribution in [-0.2, 0) is 9.59 Å². The summed E-state index contributed by atoms with van der Waals surface area (Å²) in [5.74, 6) is -1.52. The van der Waals surface area contributed by atoms with Crippen LogP contribution >= 0.6 is 45.9 Å². The highest BCUT2D eigenvalue weighted by atomic mass is 35.5. The van der Waals surface area contributed by atoms with Crippen molar-refractivity contribution in [3.05, 3.63) is 79.5 Å². The molecule has 1 aliphatic heterocycles.